The quantitative estimate of drug-likeness (QED) is 0.121. The minimum absolute atomic E-state index is 0.120. The third-order valence-electron chi connectivity index (χ3n) is 6.70. The van der Waals surface area contributed by atoms with Crippen molar-refractivity contribution in [1.29, 1.82) is 5.41 Å². The van der Waals surface area contributed by atoms with Gasteiger partial charge in [-0.05, 0) is 43.7 Å². The number of aliphatic hydroxyl groups excluding tert-OH is 1. The van der Waals surface area contributed by atoms with Crippen LogP contribution in [0.3, 0.4) is 0 Å². The van der Waals surface area contributed by atoms with E-state index >= 15 is 0 Å². The number of benzene rings is 1. The molecule has 0 saturated carbocycles. The van der Waals surface area contributed by atoms with Gasteiger partial charge in [0.1, 0.15) is 12.3 Å². The van der Waals surface area contributed by atoms with E-state index in [1.165, 1.54) is 29.0 Å². The number of carboxylic acid groups (broad SMARTS) is 1. The topological polar surface area (TPSA) is 233 Å². The summed E-state index contributed by atoms with van der Waals surface area (Å²) < 4.78 is 64.8. The van der Waals surface area contributed by atoms with Gasteiger partial charge in [0.25, 0.3) is 0 Å². The van der Waals surface area contributed by atoms with E-state index in [2.05, 4.69) is 10.0 Å². The largest absolute Gasteiger partial charge is 0.490 e. The molecule has 2 aliphatic heterocycles. The highest BCUT2D eigenvalue weighted by molar-refractivity contribution is 7.88. The lowest BCUT2D eigenvalue weighted by Gasteiger charge is -2.38. The van der Waals surface area contributed by atoms with Crippen LogP contribution in [0.15, 0.2) is 24.3 Å². The normalized spacial score (nSPS) is 20.9. The number of carboxylic acids is 1. The molecule has 2 heterocycles. The van der Waals surface area contributed by atoms with Gasteiger partial charge in [0.2, 0.25) is 21.8 Å². The molecule has 0 spiro atoms. The molecule has 15 nitrogen and oxygen atoms in total. The van der Waals surface area contributed by atoms with Gasteiger partial charge in [0, 0.05) is 13.1 Å². The first-order chi connectivity index (χ1) is 20.5. The number of hydrogen-bond acceptors (Lipinski definition) is 9. The number of alkyl halides is 3. The molecule has 0 aromatic heterocycles. The monoisotopic (exact) mass is 652 g/mol. The van der Waals surface area contributed by atoms with E-state index in [9.17, 15) is 41.1 Å². The van der Waals surface area contributed by atoms with Crippen LogP contribution in [0.1, 0.15) is 48.0 Å². The molecule has 2 amide bonds. The Labute approximate surface area is 251 Å². The second kappa shape index (κ2) is 15.7. The van der Waals surface area contributed by atoms with Crippen molar-refractivity contribution in [3.05, 3.63) is 35.4 Å². The molecule has 246 valence electrons. The van der Waals surface area contributed by atoms with Crippen molar-refractivity contribution < 1.29 is 55.7 Å². The van der Waals surface area contributed by atoms with Gasteiger partial charge in [0.05, 0.1) is 31.0 Å². The molecule has 44 heavy (non-hydrogen) atoms. The number of carbonyl (C=O) groups is 4. The summed E-state index contributed by atoms with van der Waals surface area (Å²) in [6.45, 7) is 0.382. The van der Waals surface area contributed by atoms with E-state index in [0.29, 0.717) is 32.2 Å². The first-order valence-electron chi connectivity index (χ1n) is 13.3. The van der Waals surface area contributed by atoms with E-state index in [0.717, 1.165) is 0 Å². The number of ether oxygens (including phenoxy) is 1. The molecule has 3 atom stereocenters. The first-order valence-corrected chi connectivity index (χ1v) is 14.9. The van der Waals surface area contributed by atoms with Crippen molar-refractivity contribution in [2.75, 3.05) is 26.7 Å². The lowest BCUT2D eigenvalue weighted by molar-refractivity contribution is -0.192. The maximum atomic E-state index is 13.2. The van der Waals surface area contributed by atoms with Crippen LogP contribution in [0.5, 0.6) is 0 Å². The predicted molar refractivity (Wildman–Crippen MR) is 147 cm³/mol. The fourth-order valence-corrected chi connectivity index (χ4v) is 6.00. The highest BCUT2D eigenvalue weighted by Crippen LogP contribution is 2.18. The number of methoxy groups -OCH3 is 1. The summed E-state index contributed by atoms with van der Waals surface area (Å²) in [5, 5.41) is 27.8. The summed E-state index contributed by atoms with van der Waals surface area (Å²) >= 11 is 0. The molecule has 1 unspecified atom stereocenters. The average molecular weight is 653 g/mol. The van der Waals surface area contributed by atoms with Crippen LogP contribution < -0.4 is 15.8 Å². The van der Waals surface area contributed by atoms with Crippen molar-refractivity contribution >= 4 is 39.7 Å². The Morgan fingerprint density at radius 1 is 1.14 bits per heavy atom. The van der Waals surface area contributed by atoms with Crippen molar-refractivity contribution in [2.45, 2.75) is 62.3 Å². The number of halogens is 3. The number of amides is 2. The fraction of sp³-hybridized carbons (Fsp3) is 0.560. The maximum absolute atomic E-state index is 13.2. The number of nitrogens with zero attached hydrogens (tertiary/aromatic N) is 2. The summed E-state index contributed by atoms with van der Waals surface area (Å²) in [6.07, 6.45) is -3.70. The number of guanidine groups is 1. The van der Waals surface area contributed by atoms with E-state index < -0.39 is 64.0 Å². The molecule has 2 fully saturated rings. The number of esters is 1. The van der Waals surface area contributed by atoms with Crippen molar-refractivity contribution in [3.63, 3.8) is 0 Å². The molecule has 1 aromatic rings. The molecule has 0 bridgehead atoms. The molecule has 19 heteroatoms. The molecule has 0 aliphatic carbocycles. The highest BCUT2D eigenvalue weighted by Gasteiger charge is 2.38. The number of aliphatic carboxylic acids is 1. The Bertz CT molecular complexity index is 1330. The van der Waals surface area contributed by atoms with Gasteiger partial charge in [0.15, 0.2) is 5.96 Å². The zero-order chi connectivity index (χ0) is 33.2. The SMILES string of the molecule is COC(=O)c1ccccc1CS(=O)(=O)N[C@H]1CCCCN(CC(=O)N[C@H]2CCCN(C(=N)N)C2O)C1=O.O=C(O)C(F)(F)F. The first kappa shape index (κ1) is 36.2. The smallest absolute Gasteiger partial charge is 0.475 e. The number of nitrogens with two attached hydrogens (primary N) is 1. The van der Waals surface area contributed by atoms with Crippen LogP contribution in [-0.2, 0) is 34.9 Å². The van der Waals surface area contributed by atoms with E-state index in [-0.39, 0.29) is 36.6 Å². The van der Waals surface area contributed by atoms with Crippen LogP contribution in [0, 0.1) is 5.41 Å². The number of aliphatic hydroxyl groups is 1. The summed E-state index contributed by atoms with van der Waals surface area (Å²) in [4.78, 5) is 49.4. The van der Waals surface area contributed by atoms with Gasteiger partial charge in [-0.25, -0.2) is 22.7 Å². The molecule has 7 N–H and O–H groups in total. The van der Waals surface area contributed by atoms with Gasteiger partial charge in [-0.15, -0.1) is 0 Å². The highest BCUT2D eigenvalue weighted by atomic mass is 32.2. The van der Waals surface area contributed by atoms with Crippen LogP contribution in [0.25, 0.3) is 0 Å². The van der Waals surface area contributed by atoms with Gasteiger partial charge in [-0.2, -0.15) is 13.2 Å². The number of hydrogen-bond donors (Lipinski definition) is 6. The third kappa shape index (κ3) is 10.6. The number of nitrogens with one attached hydrogen (secondary N) is 3. The Morgan fingerprint density at radius 2 is 1.77 bits per heavy atom. The molecule has 0 radical (unpaired) electrons. The Morgan fingerprint density at radius 3 is 2.36 bits per heavy atom. The van der Waals surface area contributed by atoms with Gasteiger partial charge in [-0.1, -0.05) is 18.2 Å². The Balaban J connectivity index is 0.000000860. The number of likely N-dealkylation sites (tertiary alicyclic amines) is 2. The van der Waals surface area contributed by atoms with Crippen molar-refractivity contribution in [2.24, 2.45) is 5.73 Å². The molecule has 2 saturated heterocycles. The van der Waals surface area contributed by atoms with E-state index in [1.807, 2.05) is 0 Å². The molecular weight excluding hydrogens is 617 g/mol. The second-order valence-electron chi connectivity index (χ2n) is 9.95. The number of piperidine rings is 1. The van der Waals surface area contributed by atoms with Gasteiger partial charge >= 0.3 is 18.1 Å². The minimum atomic E-state index is -5.08. The fourth-order valence-electron chi connectivity index (χ4n) is 4.61. The van der Waals surface area contributed by atoms with Gasteiger partial charge in [-0.3, -0.25) is 15.0 Å². The Hall–Kier alpha value is -3.97. The van der Waals surface area contributed by atoms with E-state index in [1.54, 1.807) is 12.1 Å². The van der Waals surface area contributed by atoms with Crippen LogP contribution >= 0.6 is 0 Å². The summed E-state index contributed by atoms with van der Waals surface area (Å²) in [5.41, 5.74) is 5.84. The minimum Gasteiger partial charge on any atom is -0.475 e. The molecule has 2 aliphatic rings. The zero-order valence-electron chi connectivity index (χ0n) is 23.7. The second-order valence-corrected chi connectivity index (χ2v) is 11.7. The third-order valence-corrected chi connectivity index (χ3v) is 8.03. The Kier molecular flexibility index (Phi) is 12.9. The molecular formula is C25H35F3N6O9S. The summed E-state index contributed by atoms with van der Waals surface area (Å²) in [5.74, 6) is -5.26. The molecule has 1 aromatic carbocycles. The number of carbonyl (C=O) groups excluding carboxylic acids is 3. The number of sulfonamides is 1. The van der Waals surface area contributed by atoms with Crippen LogP contribution in [-0.4, -0.2) is 109 Å². The lowest BCUT2D eigenvalue weighted by Crippen LogP contribution is -2.59. The predicted octanol–water partition coefficient (Wildman–Crippen LogP) is -0.301. The van der Waals surface area contributed by atoms with E-state index in [4.69, 9.17) is 25.8 Å². The van der Waals surface area contributed by atoms with Crippen molar-refractivity contribution in [1.82, 2.24) is 19.8 Å². The van der Waals surface area contributed by atoms with Crippen LogP contribution in [0.2, 0.25) is 0 Å². The number of rotatable bonds is 8. The average Bonchev–Trinajstić information content (AvgIpc) is 3.09. The maximum Gasteiger partial charge on any atom is 0.490 e. The summed E-state index contributed by atoms with van der Waals surface area (Å²) in [7, 11) is -2.82. The summed E-state index contributed by atoms with van der Waals surface area (Å²) in [6, 6.07) is 4.46. The zero-order valence-corrected chi connectivity index (χ0v) is 24.5. The molecule has 3 rings (SSSR count). The van der Waals surface area contributed by atoms with Crippen molar-refractivity contribution in [3.8, 4) is 0 Å². The standard InChI is InChI=1S/C23H34N6O7S.C2HF3O2/c1-36-22(33)16-8-3-2-7-15(16)14-37(34,35)27-18-9-4-5-11-28(20(18)31)13-19(30)26-17-10-6-12-29(21(17)32)23(24)25;3-2(4,5)1(6)7/h2-3,7-8,17-18,21,27,32H,4-6,9-14H2,1H3,(H3,24,25)(H,26,30);(H,6,7)/t17-,18-,21?;/m0./s1. The van der Waals surface area contributed by atoms with Crippen LogP contribution in [0.4, 0.5) is 13.2 Å². The lowest BCUT2D eigenvalue weighted by atomic mass is 10.0. The van der Waals surface area contributed by atoms with Gasteiger partial charge < -0.3 is 35.8 Å².